The molecule has 0 bridgehead atoms. The smallest absolute Gasteiger partial charge is 0.306 e. The molecule has 0 atom stereocenters. The predicted octanol–water partition coefficient (Wildman–Crippen LogP) is 13.6. The van der Waals surface area contributed by atoms with Crippen LogP contribution in [0.2, 0.25) is 0 Å². The number of esters is 2. The zero-order chi connectivity index (χ0) is 42.0. The summed E-state index contributed by atoms with van der Waals surface area (Å²) in [6, 6.07) is 0. The largest absolute Gasteiger partial charge is 0.461 e. The van der Waals surface area contributed by atoms with Gasteiger partial charge in [0, 0.05) is 32.4 Å². The van der Waals surface area contributed by atoms with Crippen molar-refractivity contribution in [2.75, 3.05) is 46.9 Å². The molecule has 0 fully saturated rings. The Hall–Kier alpha value is -2.15. The summed E-state index contributed by atoms with van der Waals surface area (Å²) in [6.07, 6.45) is 41.4. The molecule has 0 N–H and O–H groups in total. The number of allylic oxidation sites excluding steroid dienone is 2. The van der Waals surface area contributed by atoms with Gasteiger partial charge in [-0.3, -0.25) is 14.4 Å². The zero-order valence-electron chi connectivity index (χ0n) is 38.6. The molecular formula is C50H94N2O5. The van der Waals surface area contributed by atoms with E-state index in [1.165, 1.54) is 103 Å². The van der Waals surface area contributed by atoms with Crippen LogP contribution in [-0.2, 0) is 23.9 Å². The molecular weight excluding hydrogens is 709 g/mol. The van der Waals surface area contributed by atoms with Crippen molar-refractivity contribution >= 4 is 17.8 Å². The van der Waals surface area contributed by atoms with Crippen molar-refractivity contribution in [1.82, 2.24) is 9.80 Å². The molecule has 0 unspecified atom stereocenters. The number of amides is 1. The van der Waals surface area contributed by atoms with Gasteiger partial charge < -0.3 is 19.3 Å². The summed E-state index contributed by atoms with van der Waals surface area (Å²) in [5.41, 5.74) is 0. The van der Waals surface area contributed by atoms with Gasteiger partial charge in [-0.05, 0) is 90.3 Å². The molecule has 7 nitrogen and oxygen atoms in total. The summed E-state index contributed by atoms with van der Waals surface area (Å²) in [6.45, 7) is 12.3. The SMILES string of the molecule is CCCCCC(/C=C\COC(=O)CCCCCCCN(CCCCCCCC(=O)OC/C=C\C(CCCCC)CCCCC)C(=O)CCCN(C)C)CCCCC. The fraction of sp³-hybridized carbons (Fsp3) is 0.860. The number of rotatable bonds is 42. The first kappa shape index (κ1) is 54.9. The van der Waals surface area contributed by atoms with Crippen LogP contribution in [0.25, 0.3) is 0 Å². The van der Waals surface area contributed by atoms with E-state index in [-0.39, 0.29) is 17.8 Å². The molecule has 0 aromatic carbocycles. The standard InChI is InChI=1S/C50H94N2O5/c1-7-11-21-32-46(33-22-12-8-2)36-30-44-56-49(54)39-25-17-15-19-27-42-52(48(53)38-29-41-51(5)6)43-28-20-16-18-26-40-50(55)57-45-31-37-47(34-23-13-9-3)35-24-14-10-4/h30-31,36-37,46-47H,7-29,32-35,38-45H2,1-6H3/b36-30-,37-31-. The molecule has 0 aliphatic rings. The number of carbonyl (C=O) groups excluding carboxylic acids is 3. The van der Waals surface area contributed by atoms with Gasteiger partial charge in [-0.2, -0.15) is 0 Å². The van der Waals surface area contributed by atoms with Gasteiger partial charge in [0.25, 0.3) is 0 Å². The van der Waals surface area contributed by atoms with Crippen LogP contribution >= 0.6 is 0 Å². The molecule has 0 aliphatic heterocycles. The molecule has 0 aromatic heterocycles. The third kappa shape index (κ3) is 37.8. The Morgan fingerprint density at radius 2 is 0.807 bits per heavy atom. The Labute approximate surface area is 353 Å². The number of unbranched alkanes of at least 4 members (excludes halogenated alkanes) is 16. The van der Waals surface area contributed by atoms with E-state index in [4.69, 9.17) is 9.47 Å². The number of nitrogens with zero attached hydrogens (tertiary/aromatic N) is 2. The molecule has 0 radical (unpaired) electrons. The summed E-state index contributed by atoms with van der Waals surface area (Å²) in [4.78, 5) is 42.0. The molecule has 0 aliphatic carbocycles. The normalized spacial score (nSPS) is 11.9. The molecule has 1 amide bonds. The van der Waals surface area contributed by atoms with E-state index in [0.29, 0.717) is 44.3 Å². The lowest BCUT2D eigenvalue weighted by Gasteiger charge is -2.23. The van der Waals surface area contributed by atoms with Gasteiger partial charge in [0.2, 0.25) is 5.91 Å². The highest BCUT2D eigenvalue weighted by molar-refractivity contribution is 5.76. The van der Waals surface area contributed by atoms with Crippen LogP contribution in [-0.4, -0.2) is 74.6 Å². The topological polar surface area (TPSA) is 76.1 Å². The van der Waals surface area contributed by atoms with Crippen molar-refractivity contribution in [2.45, 2.75) is 220 Å². The van der Waals surface area contributed by atoms with Crippen LogP contribution in [0.3, 0.4) is 0 Å². The summed E-state index contributed by atoms with van der Waals surface area (Å²) >= 11 is 0. The highest BCUT2D eigenvalue weighted by atomic mass is 16.5. The van der Waals surface area contributed by atoms with E-state index in [9.17, 15) is 14.4 Å². The minimum Gasteiger partial charge on any atom is -0.461 e. The first-order chi connectivity index (χ1) is 27.8. The summed E-state index contributed by atoms with van der Waals surface area (Å²) in [5, 5.41) is 0. The fourth-order valence-corrected chi connectivity index (χ4v) is 7.49. The van der Waals surface area contributed by atoms with Crippen molar-refractivity contribution in [3.05, 3.63) is 24.3 Å². The van der Waals surface area contributed by atoms with Gasteiger partial charge in [0.1, 0.15) is 13.2 Å². The van der Waals surface area contributed by atoms with Crippen LogP contribution in [0.5, 0.6) is 0 Å². The lowest BCUT2D eigenvalue weighted by Crippen LogP contribution is -2.33. The van der Waals surface area contributed by atoms with Crippen LogP contribution < -0.4 is 0 Å². The summed E-state index contributed by atoms with van der Waals surface area (Å²) < 4.78 is 11.0. The van der Waals surface area contributed by atoms with Crippen LogP contribution in [0.1, 0.15) is 220 Å². The number of hydrogen-bond donors (Lipinski definition) is 0. The molecule has 0 rings (SSSR count). The van der Waals surface area contributed by atoms with Gasteiger partial charge in [-0.25, -0.2) is 0 Å². The number of ether oxygens (including phenoxy) is 2. The summed E-state index contributed by atoms with van der Waals surface area (Å²) in [5.74, 6) is 1.30. The monoisotopic (exact) mass is 803 g/mol. The molecule has 334 valence electrons. The Bertz CT molecular complexity index is 896. The van der Waals surface area contributed by atoms with Crippen molar-refractivity contribution in [1.29, 1.82) is 0 Å². The van der Waals surface area contributed by atoms with Crippen molar-refractivity contribution in [2.24, 2.45) is 11.8 Å². The minimum atomic E-state index is -0.0927. The average Bonchev–Trinajstić information content (AvgIpc) is 3.19. The lowest BCUT2D eigenvalue weighted by molar-refractivity contribution is -0.143. The molecule has 7 heteroatoms. The molecule has 57 heavy (non-hydrogen) atoms. The molecule has 0 aromatic rings. The van der Waals surface area contributed by atoms with Crippen molar-refractivity contribution in [3.8, 4) is 0 Å². The quantitative estimate of drug-likeness (QED) is 0.0348. The Morgan fingerprint density at radius 1 is 0.439 bits per heavy atom. The van der Waals surface area contributed by atoms with Gasteiger partial charge in [-0.1, -0.05) is 168 Å². The Kier molecular flexibility index (Phi) is 40.4. The van der Waals surface area contributed by atoms with Crippen molar-refractivity contribution < 1.29 is 23.9 Å². The van der Waals surface area contributed by atoms with E-state index in [1.54, 1.807) is 0 Å². The van der Waals surface area contributed by atoms with E-state index in [0.717, 1.165) is 90.3 Å². The maximum absolute atomic E-state index is 13.1. The van der Waals surface area contributed by atoms with Gasteiger partial charge >= 0.3 is 11.9 Å². The second-order valence-corrected chi connectivity index (χ2v) is 17.0. The number of carbonyl (C=O) groups is 3. The third-order valence-electron chi connectivity index (χ3n) is 11.2. The maximum Gasteiger partial charge on any atom is 0.306 e. The second kappa shape index (κ2) is 42.0. The minimum absolute atomic E-state index is 0.0927. The highest BCUT2D eigenvalue weighted by Crippen LogP contribution is 2.20. The number of hydrogen-bond acceptors (Lipinski definition) is 6. The molecule has 0 heterocycles. The first-order valence-corrected chi connectivity index (χ1v) is 24.3. The molecule has 0 saturated heterocycles. The van der Waals surface area contributed by atoms with Gasteiger partial charge in [-0.15, -0.1) is 0 Å². The Morgan fingerprint density at radius 3 is 1.18 bits per heavy atom. The van der Waals surface area contributed by atoms with E-state index >= 15 is 0 Å². The van der Waals surface area contributed by atoms with E-state index in [2.05, 4.69) is 75.9 Å². The van der Waals surface area contributed by atoms with E-state index < -0.39 is 0 Å². The molecule has 0 spiro atoms. The van der Waals surface area contributed by atoms with Crippen LogP contribution in [0.4, 0.5) is 0 Å². The highest BCUT2D eigenvalue weighted by Gasteiger charge is 2.13. The maximum atomic E-state index is 13.1. The summed E-state index contributed by atoms with van der Waals surface area (Å²) in [7, 11) is 4.11. The van der Waals surface area contributed by atoms with Gasteiger partial charge in [0.15, 0.2) is 0 Å². The van der Waals surface area contributed by atoms with Crippen LogP contribution in [0.15, 0.2) is 24.3 Å². The first-order valence-electron chi connectivity index (χ1n) is 24.3. The Balaban J connectivity index is 4.35. The van der Waals surface area contributed by atoms with Crippen LogP contribution in [0, 0.1) is 11.8 Å². The molecule has 0 saturated carbocycles. The lowest BCUT2D eigenvalue weighted by atomic mass is 9.94. The average molecular weight is 803 g/mol. The van der Waals surface area contributed by atoms with E-state index in [1.807, 2.05) is 0 Å². The van der Waals surface area contributed by atoms with Crippen molar-refractivity contribution in [3.63, 3.8) is 0 Å². The fourth-order valence-electron chi connectivity index (χ4n) is 7.49. The van der Waals surface area contributed by atoms with Gasteiger partial charge in [0.05, 0.1) is 0 Å². The third-order valence-corrected chi connectivity index (χ3v) is 11.2. The zero-order valence-corrected chi connectivity index (χ0v) is 38.6. The second-order valence-electron chi connectivity index (χ2n) is 17.0. The predicted molar refractivity (Wildman–Crippen MR) is 244 cm³/mol.